The highest BCUT2D eigenvalue weighted by Gasteiger charge is 2.15. The molecule has 1 heterocycles. The third kappa shape index (κ3) is 2.38. The molecule has 0 radical (unpaired) electrons. The largest absolute Gasteiger partial charge is 0.350 e. The molecule has 3 nitrogen and oxygen atoms in total. The second-order valence-electron chi connectivity index (χ2n) is 4.02. The average Bonchev–Trinajstić information content (AvgIpc) is 2.72. The molecule has 0 aliphatic heterocycles. The molecule has 1 aliphatic carbocycles. The molecule has 1 aliphatic rings. The number of nitrogens with two attached hydrogens (primary N) is 1. The molecular weight excluding hydrogens is 208 g/mol. The van der Waals surface area contributed by atoms with Gasteiger partial charge in [0.15, 0.2) is 0 Å². The van der Waals surface area contributed by atoms with E-state index in [1.807, 2.05) is 11.3 Å². The van der Waals surface area contributed by atoms with Crippen molar-refractivity contribution in [3.05, 3.63) is 21.4 Å². The highest BCUT2D eigenvalue weighted by Crippen LogP contribution is 2.30. The molecule has 1 atom stereocenters. The van der Waals surface area contributed by atoms with Crippen LogP contribution in [0.4, 0.5) is 0 Å². The number of aryl methyl sites for hydroxylation is 2. The van der Waals surface area contributed by atoms with Crippen LogP contribution in [0.2, 0.25) is 0 Å². The third-order valence-corrected chi connectivity index (χ3v) is 3.89. The molecule has 4 heteroatoms. The van der Waals surface area contributed by atoms with E-state index in [0.29, 0.717) is 6.54 Å². The standard InChI is InChI=1S/C11H16N2OS/c1-7(12)11(14)13-6-9-5-8-3-2-4-10(8)15-9/h5,7H,2-4,6,12H2,1H3,(H,13,14)/t7-/m1/s1. The SMILES string of the molecule is C[C@@H](N)C(=O)NCc1cc2c(s1)CCC2. The molecular formula is C11H16N2OS. The van der Waals surface area contributed by atoms with Crippen molar-refractivity contribution in [1.82, 2.24) is 5.32 Å². The summed E-state index contributed by atoms with van der Waals surface area (Å²) in [5, 5.41) is 2.83. The predicted octanol–water partition coefficient (Wildman–Crippen LogP) is 1.20. The molecule has 3 N–H and O–H groups in total. The maximum Gasteiger partial charge on any atom is 0.236 e. The van der Waals surface area contributed by atoms with E-state index in [1.54, 1.807) is 6.92 Å². The van der Waals surface area contributed by atoms with Crippen LogP contribution in [0, 0.1) is 0 Å². The van der Waals surface area contributed by atoms with Gasteiger partial charge in [0.1, 0.15) is 0 Å². The molecule has 82 valence electrons. The van der Waals surface area contributed by atoms with Gasteiger partial charge in [-0.05, 0) is 37.8 Å². The number of hydrogen-bond acceptors (Lipinski definition) is 3. The van der Waals surface area contributed by atoms with Crippen molar-refractivity contribution in [2.24, 2.45) is 5.73 Å². The molecule has 1 aromatic rings. The van der Waals surface area contributed by atoms with Crippen LogP contribution >= 0.6 is 11.3 Å². The fourth-order valence-electron chi connectivity index (χ4n) is 1.81. The summed E-state index contributed by atoms with van der Waals surface area (Å²) in [4.78, 5) is 14.0. The second-order valence-corrected chi connectivity index (χ2v) is 5.24. The van der Waals surface area contributed by atoms with Crippen molar-refractivity contribution in [3.63, 3.8) is 0 Å². The molecule has 0 spiro atoms. The molecule has 0 unspecified atom stereocenters. The van der Waals surface area contributed by atoms with E-state index in [2.05, 4.69) is 11.4 Å². The van der Waals surface area contributed by atoms with E-state index in [4.69, 9.17) is 5.73 Å². The minimum Gasteiger partial charge on any atom is -0.350 e. The summed E-state index contributed by atoms with van der Waals surface area (Å²) in [5.74, 6) is -0.0800. The van der Waals surface area contributed by atoms with Gasteiger partial charge in [-0.15, -0.1) is 11.3 Å². The Kier molecular flexibility index (Phi) is 3.07. The number of fused-ring (bicyclic) bond motifs is 1. The summed E-state index contributed by atoms with van der Waals surface area (Å²) in [5.41, 5.74) is 6.94. The Balaban J connectivity index is 1.92. The zero-order chi connectivity index (χ0) is 10.8. The van der Waals surface area contributed by atoms with Gasteiger partial charge in [-0.1, -0.05) is 0 Å². The van der Waals surface area contributed by atoms with Gasteiger partial charge >= 0.3 is 0 Å². The number of nitrogens with one attached hydrogen (secondary N) is 1. The van der Waals surface area contributed by atoms with E-state index >= 15 is 0 Å². The summed E-state index contributed by atoms with van der Waals surface area (Å²) < 4.78 is 0. The number of carbonyl (C=O) groups is 1. The van der Waals surface area contributed by atoms with Crippen molar-refractivity contribution in [2.75, 3.05) is 0 Å². The first-order valence-electron chi connectivity index (χ1n) is 5.30. The van der Waals surface area contributed by atoms with Gasteiger partial charge in [0, 0.05) is 9.75 Å². The van der Waals surface area contributed by atoms with Gasteiger partial charge in [0.2, 0.25) is 5.91 Å². The Bertz CT molecular complexity index is 349. The Morgan fingerprint density at radius 2 is 2.47 bits per heavy atom. The van der Waals surface area contributed by atoms with Crippen LogP contribution in [0.3, 0.4) is 0 Å². The van der Waals surface area contributed by atoms with Crippen LogP contribution in [0.15, 0.2) is 6.07 Å². The predicted molar refractivity (Wildman–Crippen MR) is 61.8 cm³/mol. The third-order valence-electron chi connectivity index (χ3n) is 2.65. The monoisotopic (exact) mass is 224 g/mol. The van der Waals surface area contributed by atoms with Crippen molar-refractivity contribution >= 4 is 17.2 Å². The molecule has 0 saturated heterocycles. The van der Waals surface area contributed by atoms with E-state index in [0.717, 1.165) is 0 Å². The van der Waals surface area contributed by atoms with Crippen molar-refractivity contribution in [2.45, 2.75) is 38.8 Å². The van der Waals surface area contributed by atoms with Gasteiger partial charge in [0.05, 0.1) is 12.6 Å². The zero-order valence-corrected chi connectivity index (χ0v) is 9.69. The number of thiophene rings is 1. The molecule has 0 bridgehead atoms. The van der Waals surface area contributed by atoms with Crippen molar-refractivity contribution < 1.29 is 4.79 Å². The Morgan fingerprint density at radius 1 is 1.67 bits per heavy atom. The molecule has 15 heavy (non-hydrogen) atoms. The first-order valence-corrected chi connectivity index (χ1v) is 6.12. The lowest BCUT2D eigenvalue weighted by Gasteiger charge is -2.05. The van der Waals surface area contributed by atoms with Crippen LogP contribution in [0.1, 0.15) is 28.7 Å². The van der Waals surface area contributed by atoms with Crippen molar-refractivity contribution in [1.29, 1.82) is 0 Å². The molecule has 0 aromatic carbocycles. The topological polar surface area (TPSA) is 55.1 Å². The van der Waals surface area contributed by atoms with E-state index in [1.165, 1.54) is 34.6 Å². The molecule has 1 aromatic heterocycles. The molecule has 1 amide bonds. The number of hydrogen-bond donors (Lipinski definition) is 2. The summed E-state index contributed by atoms with van der Waals surface area (Å²) in [7, 11) is 0. The maximum absolute atomic E-state index is 11.3. The highest BCUT2D eigenvalue weighted by atomic mass is 32.1. The van der Waals surface area contributed by atoms with Gasteiger partial charge in [-0.3, -0.25) is 4.79 Å². The summed E-state index contributed by atoms with van der Waals surface area (Å²) in [6.45, 7) is 2.32. The molecule has 0 fully saturated rings. The number of rotatable bonds is 3. The van der Waals surface area contributed by atoms with Gasteiger partial charge in [0.25, 0.3) is 0 Å². The van der Waals surface area contributed by atoms with E-state index in [9.17, 15) is 4.79 Å². The van der Waals surface area contributed by atoms with Crippen LogP contribution in [0.25, 0.3) is 0 Å². The lowest BCUT2D eigenvalue weighted by Crippen LogP contribution is -2.37. The normalized spacial score (nSPS) is 16.1. The first-order chi connectivity index (χ1) is 7.16. The van der Waals surface area contributed by atoms with Crippen LogP contribution in [-0.2, 0) is 24.2 Å². The quantitative estimate of drug-likeness (QED) is 0.810. The fourth-order valence-corrected chi connectivity index (χ4v) is 3.01. The summed E-state index contributed by atoms with van der Waals surface area (Å²) >= 11 is 1.82. The van der Waals surface area contributed by atoms with Crippen LogP contribution in [0.5, 0.6) is 0 Å². The average molecular weight is 224 g/mol. The molecule has 0 saturated carbocycles. The number of amides is 1. The lowest BCUT2D eigenvalue weighted by molar-refractivity contribution is -0.122. The Labute approximate surface area is 93.7 Å². The van der Waals surface area contributed by atoms with E-state index in [-0.39, 0.29) is 5.91 Å². The van der Waals surface area contributed by atoms with Gasteiger partial charge in [-0.25, -0.2) is 0 Å². The summed E-state index contributed by atoms with van der Waals surface area (Å²) in [6, 6.07) is 1.80. The summed E-state index contributed by atoms with van der Waals surface area (Å²) in [6.07, 6.45) is 3.70. The van der Waals surface area contributed by atoms with E-state index < -0.39 is 6.04 Å². The van der Waals surface area contributed by atoms with Gasteiger partial charge < -0.3 is 11.1 Å². The Hall–Kier alpha value is -0.870. The Morgan fingerprint density at radius 3 is 3.13 bits per heavy atom. The minimum atomic E-state index is -0.420. The fraction of sp³-hybridized carbons (Fsp3) is 0.545. The minimum absolute atomic E-state index is 0.0800. The van der Waals surface area contributed by atoms with Crippen LogP contribution in [-0.4, -0.2) is 11.9 Å². The van der Waals surface area contributed by atoms with Crippen LogP contribution < -0.4 is 11.1 Å². The smallest absolute Gasteiger partial charge is 0.236 e. The van der Waals surface area contributed by atoms with Gasteiger partial charge in [-0.2, -0.15) is 0 Å². The maximum atomic E-state index is 11.3. The molecule has 2 rings (SSSR count). The lowest BCUT2D eigenvalue weighted by atomic mass is 10.2. The second kappa shape index (κ2) is 4.33. The highest BCUT2D eigenvalue weighted by molar-refractivity contribution is 7.12. The van der Waals surface area contributed by atoms with Crippen molar-refractivity contribution in [3.8, 4) is 0 Å². The number of carbonyl (C=O) groups excluding carboxylic acids is 1. The first kappa shape index (κ1) is 10.6. The zero-order valence-electron chi connectivity index (χ0n) is 8.88.